The van der Waals surface area contributed by atoms with Crippen molar-refractivity contribution < 1.29 is 14.0 Å². The third-order valence-electron chi connectivity index (χ3n) is 9.11. The van der Waals surface area contributed by atoms with Gasteiger partial charge in [-0.3, -0.25) is 0 Å². The van der Waals surface area contributed by atoms with Gasteiger partial charge in [0.25, 0.3) is 6.71 Å². The van der Waals surface area contributed by atoms with Crippen molar-refractivity contribution in [3.05, 3.63) is 108 Å². The van der Waals surface area contributed by atoms with E-state index in [1.165, 1.54) is 38.9 Å². The Morgan fingerprint density at radius 1 is 0.605 bits per heavy atom. The Morgan fingerprint density at radius 3 is 1.72 bits per heavy atom. The van der Waals surface area contributed by atoms with Crippen molar-refractivity contribution in [1.82, 2.24) is 0 Å². The SMILES string of the molecule is Cc1ccc(-c2cc3c4c(c2)Oc2ccc(C(C)(C)C)cc2B4c2cc(C(C)(C)C)ccc2O3)cc1-c1cccc[n+]1C. The van der Waals surface area contributed by atoms with E-state index in [0.29, 0.717) is 0 Å². The molecular weight excluding hydrogens is 525 g/mol. The van der Waals surface area contributed by atoms with Gasteiger partial charge in [-0.15, -0.1) is 0 Å². The number of ether oxygens (including phenoxy) is 2. The molecular formula is C39H39BNO2+. The maximum absolute atomic E-state index is 6.74. The van der Waals surface area contributed by atoms with E-state index < -0.39 is 0 Å². The molecule has 3 heterocycles. The van der Waals surface area contributed by atoms with Gasteiger partial charge in [-0.2, -0.15) is 0 Å². The lowest BCUT2D eigenvalue weighted by molar-refractivity contribution is -0.660. The fourth-order valence-corrected chi connectivity index (χ4v) is 6.48. The van der Waals surface area contributed by atoms with E-state index in [9.17, 15) is 0 Å². The molecule has 214 valence electrons. The Balaban J connectivity index is 1.43. The second kappa shape index (κ2) is 9.60. The summed E-state index contributed by atoms with van der Waals surface area (Å²) in [6.45, 7) is 15.8. The fraction of sp³-hybridized carbons (Fsp3) is 0.256. The summed E-state index contributed by atoms with van der Waals surface area (Å²) in [7, 11) is 2.09. The lowest BCUT2D eigenvalue weighted by Crippen LogP contribution is -2.57. The molecule has 2 aliphatic heterocycles. The van der Waals surface area contributed by atoms with E-state index in [1.807, 2.05) is 0 Å². The van der Waals surface area contributed by atoms with E-state index in [1.54, 1.807) is 0 Å². The van der Waals surface area contributed by atoms with Gasteiger partial charge in [0.15, 0.2) is 6.20 Å². The summed E-state index contributed by atoms with van der Waals surface area (Å²) >= 11 is 0. The lowest BCUT2D eigenvalue weighted by atomic mass is 9.34. The van der Waals surface area contributed by atoms with Crippen molar-refractivity contribution in [2.24, 2.45) is 7.05 Å². The van der Waals surface area contributed by atoms with Crippen LogP contribution in [0.15, 0.2) is 91.1 Å². The summed E-state index contributed by atoms with van der Waals surface area (Å²) in [4.78, 5) is 0. The predicted octanol–water partition coefficient (Wildman–Crippen LogP) is 7.48. The number of benzene rings is 4. The third-order valence-corrected chi connectivity index (χ3v) is 9.11. The molecule has 0 radical (unpaired) electrons. The molecule has 0 spiro atoms. The maximum atomic E-state index is 6.74. The van der Waals surface area contributed by atoms with Crippen molar-refractivity contribution in [3.63, 3.8) is 0 Å². The molecule has 0 saturated carbocycles. The average molecular weight is 565 g/mol. The zero-order valence-corrected chi connectivity index (χ0v) is 26.5. The molecule has 3 nitrogen and oxygen atoms in total. The molecule has 0 bridgehead atoms. The molecule has 0 fully saturated rings. The van der Waals surface area contributed by atoms with Crippen LogP contribution in [0, 0.1) is 6.92 Å². The van der Waals surface area contributed by atoms with Crippen molar-refractivity contribution in [2.75, 3.05) is 0 Å². The number of aryl methyl sites for hydroxylation is 2. The molecule has 2 aliphatic rings. The second-order valence-electron chi connectivity index (χ2n) is 14.3. The van der Waals surface area contributed by atoms with Gasteiger partial charge in [-0.1, -0.05) is 77.9 Å². The van der Waals surface area contributed by atoms with Crippen LogP contribution in [0.5, 0.6) is 23.0 Å². The Morgan fingerprint density at radius 2 is 1.19 bits per heavy atom. The standard InChI is InChI=1S/C39H39BNO2/c1-24-12-13-25(19-29(24)32-11-9-10-18-41(32)8)26-20-35-37-36(21-26)43-34-17-15-28(39(5,6)7)23-31(34)40(37)30-22-27(38(2,3)4)14-16-33(30)42-35/h9-23H,1-8H3/q+1. The van der Waals surface area contributed by atoms with Crippen LogP contribution in [-0.4, -0.2) is 6.71 Å². The van der Waals surface area contributed by atoms with Gasteiger partial charge in [0.05, 0.1) is 0 Å². The number of pyridine rings is 1. The zero-order valence-electron chi connectivity index (χ0n) is 26.5. The summed E-state index contributed by atoms with van der Waals surface area (Å²) < 4.78 is 15.7. The first-order chi connectivity index (χ1) is 20.4. The second-order valence-corrected chi connectivity index (χ2v) is 14.3. The van der Waals surface area contributed by atoms with Crippen molar-refractivity contribution in [2.45, 2.75) is 59.3 Å². The van der Waals surface area contributed by atoms with Gasteiger partial charge in [-0.25, -0.2) is 4.57 Å². The Kier molecular flexibility index (Phi) is 6.15. The van der Waals surface area contributed by atoms with Crippen molar-refractivity contribution >= 4 is 23.1 Å². The highest BCUT2D eigenvalue weighted by Crippen LogP contribution is 2.40. The largest absolute Gasteiger partial charge is 0.458 e. The van der Waals surface area contributed by atoms with Gasteiger partial charge < -0.3 is 9.47 Å². The highest BCUT2D eigenvalue weighted by atomic mass is 16.5. The number of rotatable bonds is 2. The molecule has 4 heteroatoms. The Bertz CT molecular complexity index is 1840. The van der Waals surface area contributed by atoms with Crippen LogP contribution in [0.4, 0.5) is 0 Å². The van der Waals surface area contributed by atoms with Crippen LogP contribution in [0.25, 0.3) is 22.4 Å². The first kappa shape index (κ1) is 27.5. The summed E-state index contributed by atoms with van der Waals surface area (Å²) in [5.74, 6) is 3.58. The van der Waals surface area contributed by atoms with E-state index in [2.05, 4.69) is 151 Å². The molecule has 43 heavy (non-hydrogen) atoms. The Hall–Kier alpha value is -4.31. The lowest BCUT2D eigenvalue weighted by Gasteiger charge is -2.35. The summed E-state index contributed by atoms with van der Waals surface area (Å²) in [6.07, 6.45) is 2.09. The van der Waals surface area contributed by atoms with E-state index in [4.69, 9.17) is 9.47 Å². The van der Waals surface area contributed by atoms with Crippen molar-refractivity contribution in [1.29, 1.82) is 0 Å². The smallest absolute Gasteiger partial charge is 0.260 e. The highest BCUT2D eigenvalue weighted by molar-refractivity contribution is 6.98. The minimum absolute atomic E-state index is 0.0296. The van der Waals surface area contributed by atoms with Gasteiger partial charge in [0.2, 0.25) is 5.69 Å². The third kappa shape index (κ3) is 4.64. The van der Waals surface area contributed by atoms with Crippen LogP contribution in [0.2, 0.25) is 0 Å². The summed E-state index contributed by atoms with van der Waals surface area (Å²) in [5, 5.41) is 0. The van der Waals surface area contributed by atoms with Gasteiger partial charge in [-0.05, 0) is 92.9 Å². The molecule has 0 amide bonds. The van der Waals surface area contributed by atoms with E-state index in [0.717, 1.165) is 39.6 Å². The van der Waals surface area contributed by atoms with Gasteiger partial charge >= 0.3 is 0 Å². The molecule has 0 aliphatic carbocycles. The summed E-state index contributed by atoms with van der Waals surface area (Å²) in [6, 6.07) is 30.9. The summed E-state index contributed by atoms with van der Waals surface area (Å²) in [5.41, 5.74) is 12.0. The zero-order chi connectivity index (χ0) is 30.3. The molecule has 5 aromatic rings. The first-order valence-corrected chi connectivity index (χ1v) is 15.3. The molecule has 1 aromatic heterocycles. The minimum Gasteiger partial charge on any atom is -0.458 e. The molecule has 0 unspecified atom stereocenters. The minimum atomic E-state index is 0.0296. The number of fused-ring (bicyclic) bond motifs is 4. The van der Waals surface area contributed by atoms with Crippen LogP contribution in [-0.2, 0) is 17.9 Å². The van der Waals surface area contributed by atoms with Crippen LogP contribution < -0.4 is 30.4 Å². The highest BCUT2D eigenvalue weighted by Gasteiger charge is 2.41. The van der Waals surface area contributed by atoms with Crippen molar-refractivity contribution in [3.8, 4) is 45.4 Å². The first-order valence-electron chi connectivity index (χ1n) is 15.3. The van der Waals surface area contributed by atoms with Gasteiger partial charge in [0, 0.05) is 23.2 Å². The molecule has 4 aromatic carbocycles. The van der Waals surface area contributed by atoms with E-state index in [-0.39, 0.29) is 17.5 Å². The average Bonchev–Trinajstić information content (AvgIpc) is 2.96. The monoisotopic (exact) mass is 564 g/mol. The quantitative estimate of drug-likeness (QED) is 0.161. The fourth-order valence-electron chi connectivity index (χ4n) is 6.48. The Labute approximate surface area is 256 Å². The van der Waals surface area contributed by atoms with Gasteiger partial charge in [0.1, 0.15) is 30.0 Å². The normalized spacial score (nSPS) is 13.4. The molecule has 0 N–H and O–H groups in total. The predicted molar refractivity (Wildman–Crippen MR) is 178 cm³/mol. The number of hydrogen-bond acceptors (Lipinski definition) is 2. The van der Waals surface area contributed by atoms with Crippen LogP contribution >= 0.6 is 0 Å². The van der Waals surface area contributed by atoms with Crippen LogP contribution in [0.1, 0.15) is 58.2 Å². The molecule has 7 rings (SSSR count). The number of aromatic nitrogens is 1. The number of hydrogen-bond donors (Lipinski definition) is 0. The molecule has 0 saturated heterocycles. The number of nitrogens with zero attached hydrogens (tertiary/aromatic N) is 1. The molecule has 0 atom stereocenters. The topological polar surface area (TPSA) is 22.3 Å². The van der Waals surface area contributed by atoms with E-state index >= 15 is 0 Å². The maximum Gasteiger partial charge on any atom is 0.260 e. The van der Waals surface area contributed by atoms with Crippen LogP contribution in [0.3, 0.4) is 0 Å².